The van der Waals surface area contributed by atoms with Gasteiger partial charge in [-0.2, -0.15) is 5.10 Å². The average molecular weight is 353 g/mol. The summed E-state index contributed by atoms with van der Waals surface area (Å²) >= 11 is 0. The Morgan fingerprint density at radius 1 is 1.38 bits per heavy atom. The Bertz CT molecular complexity index is 958. The van der Waals surface area contributed by atoms with Gasteiger partial charge in [0.1, 0.15) is 0 Å². The lowest BCUT2D eigenvalue weighted by Gasteiger charge is -2.20. The van der Waals surface area contributed by atoms with Crippen molar-refractivity contribution in [2.24, 2.45) is 13.0 Å². The third kappa shape index (κ3) is 2.88. The standard InChI is InChI=1S/C19H23N5O2/c1-12-17(13(2)23(3)22-12)18-14(6-7-26-18)8-21-19(25)15-4-5-16-9-20-11-24(16)10-15/h4-5,9-11,14,18H,6-8H2,1-3H3,(H,21,25)/t14-,18+/m1/s1. The van der Waals surface area contributed by atoms with Crippen molar-refractivity contribution in [3.05, 3.63) is 53.4 Å². The Balaban J connectivity index is 1.47. The van der Waals surface area contributed by atoms with Crippen molar-refractivity contribution >= 4 is 11.4 Å². The van der Waals surface area contributed by atoms with Gasteiger partial charge in [-0.25, -0.2) is 4.98 Å². The van der Waals surface area contributed by atoms with Crippen molar-refractivity contribution in [2.75, 3.05) is 13.2 Å². The number of nitrogens with one attached hydrogen (secondary N) is 1. The van der Waals surface area contributed by atoms with E-state index in [0.717, 1.165) is 28.9 Å². The van der Waals surface area contributed by atoms with Crippen LogP contribution in [0.1, 0.15) is 39.8 Å². The van der Waals surface area contributed by atoms with E-state index in [-0.39, 0.29) is 17.9 Å². The van der Waals surface area contributed by atoms with Gasteiger partial charge in [0.2, 0.25) is 0 Å². The molecule has 4 heterocycles. The molecule has 0 spiro atoms. The van der Waals surface area contributed by atoms with E-state index in [1.165, 1.54) is 0 Å². The molecule has 26 heavy (non-hydrogen) atoms. The summed E-state index contributed by atoms with van der Waals surface area (Å²) < 4.78 is 9.73. The van der Waals surface area contributed by atoms with Crippen LogP contribution in [0.4, 0.5) is 0 Å². The van der Waals surface area contributed by atoms with Gasteiger partial charge in [-0.15, -0.1) is 0 Å². The SMILES string of the molecule is Cc1nn(C)c(C)c1[C@H]1OCC[C@@H]1CNC(=O)c1ccc2cncn2c1. The van der Waals surface area contributed by atoms with Crippen LogP contribution in [0, 0.1) is 19.8 Å². The first-order valence-electron chi connectivity index (χ1n) is 8.86. The maximum absolute atomic E-state index is 12.5. The molecule has 7 heteroatoms. The van der Waals surface area contributed by atoms with Gasteiger partial charge in [0.05, 0.1) is 35.4 Å². The molecule has 1 aliphatic rings. The smallest absolute Gasteiger partial charge is 0.252 e. The Morgan fingerprint density at radius 3 is 3.00 bits per heavy atom. The third-order valence-electron chi connectivity index (χ3n) is 5.26. The Kier molecular flexibility index (Phi) is 4.24. The van der Waals surface area contributed by atoms with Gasteiger partial charge >= 0.3 is 0 Å². The van der Waals surface area contributed by atoms with Gasteiger partial charge in [-0.3, -0.25) is 9.48 Å². The van der Waals surface area contributed by atoms with E-state index in [0.29, 0.717) is 18.7 Å². The van der Waals surface area contributed by atoms with E-state index in [4.69, 9.17) is 4.74 Å². The number of fused-ring (bicyclic) bond motifs is 1. The lowest BCUT2D eigenvalue weighted by Crippen LogP contribution is -2.31. The lowest BCUT2D eigenvalue weighted by molar-refractivity contribution is 0.0840. The molecule has 1 amide bonds. The summed E-state index contributed by atoms with van der Waals surface area (Å²) in [4.78, 5) is 16.6. The molecule has 1 fully saturated rings. The number of nitrogens with zero attached hydrogens (tertiary/aromatic N) is 4. The normalized spacial score (nSPS) is 20.0. The van der Waals surface area contributed by atoms with Crippen LogP contribution in [-0.4, -0.2) is 38.2 Å². The molecule has 1 N–H and O–H groups in total. The summed E-state index contributed by atoms with van der Waals surface area (Å²) in [7, 11) is 1.95. The van der Waals surface area contributed by atoms with Gasteiger partial charge in [0, 0.05) is 43.6 Å². The minimum Gasteiger partial charge on any atom is -0.373 e. The molecule has 1 aliphatic heterocycles. The molecule has 0 aliphatic carbocycles. The quantitative estimate of drug-likeness (QED) is 0.780. The Hall–Kier alpha value is -2.67. The minimum absolute atomic E-state index is 0.0138. The molecule has 3 aromatic rings. The van der Waals surface area contributed by atoms with E-state index in [2.05, 4.69) is 22.3 Å². The zero-order valence-electron chi connectivity index (χ0n) is 15.3. The molecule has 0 radical (unpaired) electrons. The molecule has 0 bridgehead atoms. The van der Waals surface area contributed by atoms with Gasteiger partial charge in [-0.05, 0) is 32.4 Å². The van der Waals surface area contributed by atoms with Gasteiger partial charge in [0.25, 0.3) is 5.91 Å². The molecule has 136 valence electrons. The number of carbonyl (C=O) groups is 1. The summed E-state index contributed by atoms with van der Waals surface area (Å²) in [5, 5.41) is 7.56. The molecule has 1 saturated heterocycles. The zero-order valence-corrected chi connectivity index (χ0v) is 15.3. The zero-order chi connectivity index (χ0) is 18.3. The number of pyridine rings is 1. The third-order valence-corrected chi connectivity index (χ3v) is 5.26. The number of rotatable bonds is 4. The second kappa shape index (κ2) is 6.57. The highest BCUT2D eigenvalue weighted by atomic mass is 16.5. The van der Waals surface area contributed by atoms with Crippen molar-refractivity contribution in [2.45, 2.75) is 26.4 Å². The monoisotopic (exact) mass is 353 g/mol. The second-order valence-corrected chi connectivity index (χ2v) is 6.90. The van der Waals surface area contributed by atoms with Gasteiger partial charge in [0.15, 0.2) is 0 Å². The number of imidazole rings is 1. The fourth-order valence-electron chi connectivity index (χ4n) is 3.74. The Morgan fingerprint density at radius 2 is 2.23 bits per heavy atom. The van der Waals surface area contributed by atoms with Crippen molar-refractivity contribution in [1.82, 2.24) is 24.5 Å². The van der Waals surface area contributed by atoms with Crippen molar-refractivity contribution < 1.29 is 9.53 Å². The predicted molar refractivity (Wildman–Crippen MR) is 97.0 cm³/mol. The van der Waals surface area contributed by atoms with E-state index in [9.17, 15) is 4.79 Å². The van der Waals surface area contributed by atoms with Crippen LogP contribution >= 0.6 is 0 Å². The number of amides is 1. The van der Waals surface area contributed by atoms with Crippen LogP contribution in [0.2, 0.25) is 0 Å². The molecule has 0 aromatic carbocycles. The predicted octanol–water partition coefficient (Wildman–Crippen LogP) is 2.19. The number of aromatic nitrogens is 4. The van der Waals surface area contributed by atoms with Crippen LogP contribution in [0.3, 0.4) is 0 Å². The maximum Gasteiger partial charge on any atom is 0.252 e. The number of hydrogen-bond acceptors (Lipinski definition) is 4. The first-order valence-corrected chi connectivity index (χ1v) is 8.86. The summed E-state index contributed by atoms with van der Waals surface area (Å²) in [6, 6.07) is 3.72. The Labute approximate surface area is 152 Å². The summed E-state index contributed by atoms with van der Waals surface area (Å²) in [5.74, 6) is 0.170. The number of aryl methyl sites for hydroxylation is 2. The second-order valence-electron chi connectivity index (χ2n) is 6.90. The number of ether oxygens (including phenoxy) is 1. The van der Waals surface area contributed by atoms with Crippen LogP contribution in [0.5, 0.6) is 0 Å². The average Bonchev–Trinajstić information content (AvgIpc) is 3.32. The fourth-order valence-corrected chi connectivity index (χ4v) is 3.74. The highest BCUT2D eigenvalue weighted by molar-refractivity contribution is 5.94. The molecular weight excluding hydrogens is 330 g/mol. The summed E-state index contributed by atoms with van der Waals surface area (Å²) in [6.07, 6.45) is 6.18. The highest BCUT2D eigenvalue weighted by Gasteiger charge is 2.33. The first-order chi connectivity index (χ1) is 12.5. The lowest BCUT2D eigenvalue weighted by atomic mass is 9.94. The summed E-state index contributed by atoms with van der Waals surface area (Å²) in [5.41, 5.74) is 4.87. The van der Waals surface area contributed by atoms with Crippen LogP contribution < -0.4 is 5.32 Å². The molecule has 3 aromatic heterocycles. The van der Waals surface area contributed by atoms with Crippen LogP contribution in [0.25, 0.3) is 5.52 Å². The van der Waals surface area contributed by atoms with E-state index < -0.39 is 0 Å². The van der Waals surface area contributed by atoms with Crippen LogP contribution in [0.15, 0.2) is 30.9 Å². The molecule has 0 unspecified atom stereocenters. The largest absolute Gasteiger partial charge is 0.373 e. The van der Waals surface area contributed by atoms with Gasteiger partial charge in [-0.1, -0.05) is 0 Å². The summed E-state index contributed by atoms with van der Waals surface area (Å²) in [6.45, 7) is 5.37. The van der Waals surface area contributed by atoms with Crippen molar-refractivity contribution in [3.63, 3.8) is 0 Å². The molecule has 2 atom stereocenters. The van der Waals surface area contributed by atoms with Gasteiger partial charge < -0.3 is 14.5 Å². The number of hydrogen-bond donors (Lipinski definition) is 1. The molecular formula is C19H23N5O2. The van der Waals surface area contributed by atoms with Crippen molar-refractivity contribution in [3.8, 4) is 0 Å². The molecule has 0 saturated carbocycles. The first kappa shape index (κ1) is 16.8. The van der Waals surface area contributed by atoms with Crippen LogP contribution in [-0.2, 0) is 11.8 Å². The molecule has 4 rings (SSSR count). The topological polar surface area (TPSA) is 73.4 Å². The maximum atomic E-state index is 12.5. The van der Waals surface area contributed by atoms with E-state index >= 15 is 0 Å². The van der Waals surface area contributed by atoms with E-state index in [1.807, 2.05) is 35.2 Å². The van der Waals surface area contributed by atoms with Crippen molar-refractivity contribution in [1.29, 1.82) is 0 Å². The number of carbonyl (C=O) groups excluding carboxylic acids is 1. The fraction of sp³-hybridized carbons (Fsp3) is 0.421. The van der Waals surface area contributed by atoms with E-state index in [1.54, 1.807) is 18.7 Å². The molecule has 7 nitrogen and oxygen atoms in total. The highest BCUT2D eigenvalue weighted by Crippen LogP contribution is 2.37. The minimum atomic E-state index is -0.0779.